The van der Waals surface area contributed by atoms with Gasteiger partial charge in [0.05, 0.1) is 21.9 Å². The summed E-state index contributed by atoms with van der Waals surface area (Å²) in [4.78, 5) is 27.2. The number of aryl methyl sites for hydroxylation is 1. The molecule has 0 atom stereocenters. The van der Waals surface area contributed by atoms with E-state index in [2.05, 4.69) is 10.1 Å². The molecule has 0 saturated heterocycles. The molecule has 1 N–H and O–H groups in total. The first-order valence-corrected chi connectivity index (χ1v) is 7.86. The average Bonchev–Trinajstić information content (AvgIpc) is 3.20. The fourth-order valence-electron chi connectivity index (χ4n) is 2.93. The lowest BCUT2D eigenvalue weighted by molar-refractivity contribution is -0.385. The van der Waals surface area contributed by atoms with Crippen molar-refractivity contribution in [2.45, 2.75) is 6.92 Å². The van der Waals surface area contributed by atoms with Crippen molar-refractivity contribution in [1.29, 1.82) is 0 Å². The maximum absolute atomic E-state index is 12.2. The van der Waals surface area contributed by atoms with Gasteiger partial charge in [0.1, 0.15) is 0 Å². The van der Waals surface area contributed by atoms with Gasteiger partial charge in [-0.2, -0.15) is 0 Å². The normalized spacial score (nSPS) is 14.0. The molecule has 3 aromatic rings. The standard InChI is InChI=1S/C19H13N3O4/c1-11-6-7-12(9-17(11)22(24)25)18-15(19(23)26-21-18)8-13-10-20-16-5-3-2-4-14(13)16/h2-10,21H,1H3. The number of hydrogen-bond acceptors (Lipinski definition) is 5. The number of allylic oxidation sites excluding steroid dienone is 1. The molecule has 7 heteroatoms. The lowest BCUT2D eigenvalue weighted by Crippen LogP contribution is -1.98. The van der Waals surface area contributed by atoms with E-state index in [1.807, 2.05) is 24.3 Å². The van der Waals surface area contributed by atoms with Gasteiger partial charge in [-0.05, 0) is 19.1 Å². The number of aromatic amines is 1. The molecule has 0 amide bonds. The maximum atomic E-state index is 12.2. The molecule has 0 bridgehead atoms. The van der Waals surface area contributed by atoms with E-state index in [0.717, 1.165) is 16.8 Å². The first kappa shape index (κ1) is 15.8. The van der Waals surface area contributed by atoms with Crippen LogP contribution in [0.3, 0.4) is 0 Å². The maximum Gasteiger partial charge on any atom is 0.365 e. The van der Waals surface area contributed by atoms with Gasteiger partial charge < -0.3 is 4.52 Å². The molecular weight excluding hydrogens is 334 g/mol. The van der Waals surface area contributed by atoms with Crippen molar-refractivity contribution in [2.24, 2.45) is 4.99 Å². The first-order chi connectivity index (χ1) is 12.5. The number of benzene rings is 2. The number of H-pyrrole nitrogens is 1. The van der Waals surface area contributed by atoms with Crippen molar-refractivity contribution >= 4 is 29.2 Å². The summed E-state index contributed by atoms with van der Waals surface area (Å²) in [6.45, 7) is 1.66. The number of nitrogens with one attached hydrogen (secondary N) is 1. The van der Waals surface area contributed by atoms with Crippen LogP contribution in [-0.2, 0) is 0 Å². The third kappa shape index (κ3) is 2.55. The van der Waals surface area contributed by atoms with Crippen molar-refractivity contribution in [2.75, 3.05) is 0 Å². The summed E-state index contributed by atoms with van der Waals surface area (Å²) in [7, 11) is 0. The van der Waals surface area contributed by atoms with Gasteiger partial charge in [-0.25, -0.2) is 9.95 Å². The van der Waals surface area contributed by atoms with Crippen LogP contribution < -0.4 is 5.63 Å². The molecule has 0 aliphatic carbocycles. The zero-order valence-electron chi connectivity index (χ0n) is 13.7. The SMILES string of the molecule is Cc1ccc(-c2[nH]oc(=O)c2C=C2C=Nc3ccccc32)cc1[N+](=O)[O-]. The smallest absolute Gasteiger partial charge is 0.338 e. The summed E-state index contributed by atoms with van der Waals surface area (Å²) >= 11 is 0. The van der Waals surface area contributed by atoms with E-state index in [4.69, 9.17) is 4.52 Å². The van der Waals surface area contributed by atoms with Crippen LogP contribution in [0.1, 0.15) is 16.7 Å². The van der Waals surface area contributed by atoms with Gasteiger partial charge in [-0.15, -0.1) is 0 Å². The zero-order valence-corrected chi connectivity index (χ0v) is 13.7. The van der Waals surface area contributed by atoms with Gasteiger partial charge in [0.25, 0.3) is 5.69 Å². The van der Waals surface area contributed by atoms with E-state index in [0.29, 0.717) is 22.4 Å². The number of fused-ring (bicyclic) bond motifs is 1. The summed E-state index contributed by atoms with van der Waals surface area (Å²) in [5.74, 6) is 0. The Bertz CT molecular complexity index is 1150. The lowest BCUT2D eigenvalue weighted by Gasteiger charge is -2.02. The molecule has 2 heterocycles. The van der Waals surface area contributed by atoms with Crippen LogP contribution in [0.4, 0.5) is 11.4 Å². The number of nitro groups is 1. The van der Waals surface area contributed by atoms with Crippen LogP contribution in [0.15, 0.2) is 56.8 Å². The number of hydrogen-bond donors (Lipinski definition) is 1. The van der Waals surface area contributed by atoms with E-state index in [1.54, 1.807) is 31.3 Å². The van der Waals surface area contributed by atoms with E-state index in [-0.39, 0.29) is 5.69 Å². The Morgan fingerprint density at radius 1 is 1.23 bits per heavy atom. The molecular formula is C19H13N3O4. The number of nitro benzene ring substituents is 1. The van der Waals surface area contributed by atoms with Gasteiger partial charge >= 0.3 is 5.63 Å². The molecule has 0 saturated carbocycles. The van der Waals surface area contributed by atoms with Crippen LogP contribution in [0.25, 0.3) is 22.9 Å². The summed E-state index contributed by atoms with van der Waals surface area (Å²) in [6, 6.07) is 12.4. The highest BCUT2D eigenvalue weighted by molar-refractivity contribution is 6.21. The van der Waals surface area contributed by atoms with Crippen molar-refractivity contribution in [3.05, 3.63) is 79.7 Å². The van der Waals surface area contributed by atoms with Crippen LogP contribution >= 0.6 is 0 Å². The van der Waals surface area contributed by atoms with Crippen LogP contribution in [0.2, 0.25) is 0 Å². The third-order valence-electron chi connectivity index (χ3n) is 4.29. The molecule has 7 nitrogen and oxygen atoms in total. The molecule has 128 valence electrons. The van der Waals surface area contributed by atoms with Crippen molar-refractivity contribution in [3.63, 3.8) is 0 Å². The largest absolute Gasteiger partial charge is 0.365 e. The molecule has 4 rings (SSSR count). The second-order valence-electron chi connectivity index (χ2n) is 5.91. The second kappa shape index (κ2) is 5.96. The Hall–Kier alpha value is -3.74. The molecule has 0 unspecified atom stereocenters. The van der Waals surface area contributed by atoms with Crippen LogP contribution in [0.5, 0.6) is 0 Å². The predicted octanol–water partition coefficient (Wildman–Crippen LogP) is 4.11. The first-order valence-electron chi connectivity index (χ1n) is 7.86. The summed E-state index contributed by atoms with van der Waals surface area (Å²) in [5.41, 5.74) is 3.68. The highest BCUT2D eigenvalue weighted by atomic mass is 16.6. The fourth-order valence-corrected chi connectivity index (χ4v) is 2.93. The van der Waals surface area contributed by atoms with Gasteiger partial charge in [0, 0.05) is 34.5 Å². The minimum Gasteiger partial charge on any atom is -0.338 e. The van der Waals surface area contributed by atoms with E-state index >= 15 is 0 Å². The Kier molecular flexibility index (Phi) is 3.62. The van der Waals surface area contributed by atoms with Gasteiger partial charge in [-0.1, -0.05) is 30.3 Å². The quantitative estimate of drug-likeness (QED) is 0.569. The van der Waals surface area contributed by atoms with Crippen LogP contribution in [-0.4, -0.2) is 16.3 Å². The zero-order chi connectivity index (χ0) is 18.3. The van der Waals surface area contributed by atoms with E-state index < -0.39 is 10.5 Å². The van der Waals surface area contributed by atoms with Crippen LogP contribution in [0, 0.1) is 17.0 Å². The number of aliphatic imine (C=N–C) groups is 1. The number of nitrogens with zero attached hydrogens (tertiary/aromatic N) is 2. The number of rotatable bonds is 3. The molecule has 0 spiro atoms. The number of para-hydroxylation sites is 1. The Balaban J connectivity index is 1.85. The van der Waals surface area contributed by atoms with Gasteiger partial charge in [-0.3, -0.25) is 15.1 Å². The van der Waals surface area contributed by atoms with Crippen molar-refractivity contribution in [1.82, 2.24) is 5.16 Å². The Morgan fingerprint density at radius 3 is 2.85 bits per heavy atom. The summed E-state index contributed by atoms with van der Waals surface area (Å²) < 4.78 is 4.94. The Morgan fingerprint density at radius 2 is 2.04 bits per heavy atom. The Labute approximate surface area is 147 Å². The molecule has 1 aromatic heterocycles. The molecule has 0 radical (unpaired) electrons. The lowest BCUT2D eigenvalue weighted by atomic mass is 10.0. The molecule has 1 aliphatic rings. The minimum atomic E-state index is -0.548. The van der Waals surface area contributed by atoms with Crippen molar-refractivity contribution < 1.29 is 9.45 Å². The summed E-state index contributed by atoms with van der Waals surface area (Å²) in [6.07, 6.45) is 3.36. The molecule has 2 aromatic carbocycles. The molecule has 26 heavy (non-hydrogen) atoms. The van der Waals surface area contributed by atoms with Crippen molar-refractivity contribution in [3.8, 4) is 11.3 Å². The average molecular weight is 347 g/mol. The predicted molar refractivity (Wildman–Crippen MR) is 98.6 cm³/mol. The highest BCUT2D eigenvalue weighted by Gasteiger charge is 2.19. The topological polar surface area (TPSA) is 102 Å². The monoisotopic (exact) mass is 347 g/mol. The van der Waals surface area contributed by atoms with E-state index in [9.17, 15) is 14.9 Å². The van der Waals surface area contributed by atoms with Gasteiger partial charge in [0.2, 0.25) is 0 Å². The minimum absolute atomic E-state index is 0.0177. The molecule has 1 aliphatic heterocycles. The second-order valence-corrected chi connectivity index (χ2v) is 5.91. The highest BCUT2D eigenvalue weighted by Crippen LogP contribution is 2.33. The summed E-state index contributed by atoms with van der Waals surface area (Å²) in [5, 5.41) is 13.8. The number of aromatic nitrogens is 1. The third-order valence-corrected chi connectivity index (χ3v) is 4.29. The van der Waals surface area contributed by atoms with E-state index in [1.165, 1.54) is 6.07 Å². The molecule has 0 fully saturated rings. The van der Waals surface area contributed by atoms with Gasteiger partial charge in [0.15, 0.2) is 0 Å². The fraction of sp³-hybridized carbons (Fsp3) is 0.0526.